The number of nitrogens with one attached hydrogen (secondary N) is 3. The first-order valence-corrected chi connectivity index (χ1v) is 16.3. The predicted octanol–water partition coefficient (Wildman–Crippen LogP) is 4.22. The van der Waals surface area contributed by atoms with Crippen molar-refractivity contribution in [3.8, 4) is 5.75 Å². The van der Waals surface area contributed by atoms with Gasteiger partial charge in [-0.15, -0.1) is 0 Å². The van der Waals surface area contributed by atoms with Gasteiger partial charge >= 0.3 is 0 Å². The van der Waals surface area contributed by atoms with Crippen LogP contribution in [0.15, 0.2) is 107 Å². The molecule has 0 amide bonds. The Labute approximate surface area is 258 Å². The van der Waals surface area contributed by atoms with Gasteiger partial charge in [0.2, 0.25) is 0 Å². The van der Waals surface area contributed by atoms with Gasteiger partial charge < -0.3 is 26.2 Å². The Kier molecular flexibility index (Phi) is 8.83. The van der Waals surface area contributed by atoms with Gasteiger partial charge in [-0.2, -0.15) is 0 Å². The van der Waals surface area contributed by atoms with Gasteiger partial charge in [-0.05, 0) is 84.1 Å². The van der Waals surface area contributed by atoms with E-state index in [2.05, 4.69) is 27.5 Å². The highest BCUT2D eigenvalue weighted by molar-refractivity contribution is 7.92. The molecule has 6 N–H and O–H groups in total. The molecule has 3 unspecified atom stereocenters. The summed E-state index contributed by atoms with van der Waals surface area (Å²) in [5.74, 6) is 1.82. The number of nitrogen functional groups attached to an aromatic ring is 1. The van der Waals surface area contributed by atoms with Crippen LogP contribution in [-0.4, -0.2) is 51.6 Å². The summed E-state index contributed by atoms with van der Waals surface area (Å²) >= 11 is 0. The summed E-state index contributed by atoms with van der Waals surface area (Å²) in [6, 6.07) is 29.7. The predicted molar refractivity (Wildman–Crippen MR) is 174 cm³/mol. The number of anilines is 2. The minimum Gasteiger partial charge on any atom is -0.489 e. The number of ether oxygens (including phenoxy) is 1. The van der Waals surface area contributed by atoms with Crippen molar-refractivity contribution >= 4 is 27.2 Å². The molecule has 0 fully saturated rings. The summed E-state index contributed by atoms with van der Waals surface area (Å²) in [6.07, 6.45) is 0.710. The number of nitrogens with zero attached hydrogens (tertiary/aromatic N) is 1. The van der Waals surface area contributed by atoms with Crippen LogP contribution in [0.3, 0.4) is 0 Å². The van der Waals surface area contributed by atoms with Gasteiger partial charge in [0.05, 0.1) is 11.0 Å². The van der Waals surface area contributed by atoms with Crippen LogP contribution in [0.2, 0.25) is 0 Å². The zero-order chi connectivity index (χ0) is 30.5. The van der Waals surface area contributed by atoms with E-state index in [0.717, 1.165) is 35.5 Å². The normalized spacial score (nSPS) is 18.7. The van der Waals surface area contributed by atoms with E-state index in [1.165, 1.54) is 5.56 Å². The second kappa shape index (κ2) is 13.1. The molecule has 4 aromatic rings. The summed E-state index contributed by atoms with van der Waals surface area (Å²) < 4.78 is 35.3. The monoisotopic (exact) mass is 611 g/mol. The summed E-state index contributed by atoms with van der Waals surface area (Å²) in [7, 11) is -3.79. The average molecular weight is 612 g/mol. The van der Waals surface area contributed by atoms with Crippen molar-refractivity contribution in [3.63, 3.8) is 0 Å². The lowest BCUT2D eigenvalue weighted by molar-refractivity contribution is 0.146. The number of hydrogen-bond acceptors (Lipinski definition) is 8. The Balaban J connectivity index is 1.02. The molecule has 9 nitrogen and oxygen atoms in total. The molecule has 0 spiro atoms. The SMILES string of the molecule is Nc1ccc(C(O)CNCC2CCc3cc(S(=O)(=O)Nc4ccc(C5=NCC(c6ccccc6)CN5)cc4)ccc3O2)cc1. The molecule has 0 aromatic heterocycles. The van der Waals surface area contributed by atoms with Gasteiger partial charge in [0, 0.05) is 49.0 Å². The van der Waals surface area contributed by atoms with E-state index < -0.39 is 16.1 Å². The fraction of sp³-hybridized carbons (Fsp3) is 0.265. The first kappa shape index (κ1) is 29.7. The highest BCUT2D eigenvalue weighted by atomic mass is 32.2. The third-order valence-corrected chi connectivity index (χ3v) is 9.45. The van der Waals surface area contributed by atoms with Crippen molar-refractivity contribution in [3.05, 3.63) is 119 Å². The third kappa shape index (κ3) is 7.05. The summed E-state index contributed by atoms with van der Waals surface area (Å²) in [5.41, 5.74) is 10.7. The first-order chi connectivity index (χ1) is 21.3. The van der Waals surface area contributed by atoms with Gasteiger partial charge in [-0.3, -0.25) is 9.71 Å². The van der Waals surface area contributed by atoms with Crippen LogP contribution >= 0.6 is 0 Å². The maximum atomic E-state index is 13.2. The molecule has 0 aliphatic carbocycles. The van der Waals surface area contributed by atoms with Gasteiger partial charge in [0.15, 0.2) is 0 Å². The lowest BCUT2D eigenvalue weighted by Crippen LogP contribution is -2.36. The van der Waals surface area contributed by atoms with E-state index in [1.807, 2.05) is 42.5 Å². The largest absolute Gasteiger partial charge is 0.489 e. The van der Waals surface area contributed by atoms with Crippen LogP contribution < -0.4 is 25.8 Å². The second-order valence-electron chi connectivity index (χ2n) is 11.2. The van der Waals surface area contributed by atoms with E-state index in [-0.39, 0.29) is 11.0 Å². The van der Waals surface area contributed by atoms with Crippen LogP contribution in [0, 0.1) is 0 Å². The van der Waals surface area contributed by atoms with Crippen LogP contribution in [0.25, 0.3) is 0 Å². The molecule has 10 heteroatoms. The Morgan fingerprint density at radius 3 is 2.50 bits per heavy atom. The van der Waals surface area contributed by atoms with Crippen molar-refractivity contribution in [2.75, 3.05) is 36.6 Å². The highest BCUT2D eigenvalue weighted by Crippen LogP contribution is 2.30. The van der Waals surface area contributed by atoms with Gasteiger partial charge in [0.25, 0.3) is 10.0 Å². The maximum Gasteiger partial charge on any atom is 0.261 e. The number of amidine groups is 1. The van der Waals surface area contributed by atoms with E-state index in [0.29, 0.717) is 49.1 Å². The fourth-order valence-electron chi connectivity index (χ4n) is 5.54. The van der Waals surface area contributed by atoms with E-state index in [1.54, 1.807) is 42.5 Å². The molecule has 2 aliphatic heterocycles. The number of sulfonamides is 1. The Bertz CT molecular complexity index is 1710. The standard InChI is InChI=1S/C34H37N5O4S/c35-28-11-6-24(7-12-28)32(40)22-36-21-30-15-10-26-18-31(16-17-33(26)43-30)44(41,42)39-29-13-8-25(9-14-29)34-37-19-27(20-38-34)23-4-2-1-3-5-23/h1-9,11-14,16-18,27,30,32,36,39-40H,10,15,19-22,35H2,(H,37,38). The number of nitrogens with two attached hydrogens (primary N) is 1. The van der Waals surface area contributed by atoms with Crippen molar-refractivity contribution in [2.45, 2.75) is 35.9 Å². The second-order valence-corrected chi connectivity index (χ2v) is 12.9. The minimum atomic E-state index is -3.79. The number of rotatable bonds is 10. The van der Waals surface area contributed by atoms with Gasteiger partial charge in [-0.1, -0.05) is 42.5 Å². The molecule has 2 heterocycles. The smallest absolute Gasteiger partial charge is 0.261 e. The Hall–Kier alpha value is -4.38. The van der Waals surface area contributed by atoms with Crippen molar-refractivity contribution in [1.82, 2.24) is 10.6 Å². The molecule has 2 aliphatic rings. The fourth-order valence-corrected chi connectivity index (χ4v) is 6.65. The Morgan fingerprint density at radius 2 is 1.77 bits per heavy atom. The third-order valence-electron chi connectivity index (χ3n) is 8.07. The number of fused-ring (bicyclic) bond motifs is 1. The Morgan fingerprint density at radius 1 is 1.00 bits per heavy atom. The summed E-state index contributed by atoms with van der Waals surface area (Å²) in [4.78, 5) is 4.92. The van der Waals surface area contributed by atoms with Crippen molar-refractivity contribution in [2.24, 2.45) is 4.99 Å². The number of hydrogen-bond donors (Lipinski definition) is 5. The summed E-state index contributed by atoms with van der Waals surface area (Å²) in [6.45, 7) is 2.45. The zero-order valence-electron chi connectivity index (χ0n) is 24.3. The molecule has 3 atom stereocenters. The number of aliphatic hydroxyl groups excluding tert-OH is 1. The molecule has 4 aromatic carbocycles. The molecular formula is C34H37N5O4S. The molecule has 0 saturated heterocycles. The molecule has 0 saturated carbocycles. The number of benzene rings is 4. The molecule has 6 rings (SSSR count). The lowest BCUT2D eigenvalue weighted by Gasteiger charge is -2.27. The molecule has 228 valence electrons. The van der Waals surface area contributed by atoms with Crippen LogP contribution in [0.4, 0.5) is 11.4 Å². The van der Waals surface area contributed by atoms with E-state index >= 15 is 0 Å². The van der Waals surface area contributed by atoms with Crippen molar-refractivity contribution < 1.29 is 18.3 Å². The molecular weight excluding hydrogens is 574 g/mol. The number of aliphatic hydroxyl groups is 1. The number of aliphatic imine (C=N–C) groups is 1. The van der Waals surface area contributed by atoms with Crippen molar-refractivity contribution in [1.29, 1.82) is 0 Å². The zero-order valence-corrected chi connectivity index (χ0v) is 25.1. The van der Waals surface area contributed by atoms with E-state index in [4.69, 9.17) is 15.5 Å². The van der Waals surface area contributed by atoms with Gasteiger partial charge in [0.1, 0.15) is 17.7 Å². The maximum absolute atomic E-state index is 13.2. The highest BCUT2D eigenvalue weighted by Gasteiger charge is 2.24. The van der Waals surface area contributed by atoms with Crippen LogP contribution in [-0.2, 0) is 16.4 Å². The number of aryl methyl sites for hydroxylation is 1. The lowest BCUT2D eigenvalue weighted by atomic mass is 9.97. The molecule has 44 heavy (non-hydrogen) atoms. The summed E-state index contributed by atoms with van der Waals surface area (Å²) in [5, 5.41) is 17.1. The topological polar surface area (TPSA) is 138 Å². The molecule has 0 radical (unpaired) electrons. The first-order valence-electron chi connectivity index (χ1n) is 14.8. The van der Waals surface area contributed by atoms with Gasteiger partial charge in [-0.25, -0.2) is 8.42 Å². The average Bonchev–Trinajstić information content (AvgIpc) is 3.05. The van der Waals surface area contributed by atoms with Crippen LogP contribution in [0.5, 0.6) is 5.75 Å². The quantitative estimate of drug-likeness (QED) is 0.169. The minimum absolute atomic E-state index is 0.0762. The van der Waals surface area contributed by atoms with Crippen LogP contribution in [0.1, 0.15) is 40.7 Å². The van der Waals surface area contributed by atoms with E-state index in [9.17, 15) is 13.5 Å². The molecule has 0 bridgehead atoms.